The fourth-order valence-corrected chi connectivity index (χ4v) is 1.21. The third-order valence-electron chi connectivity index (χ3n) is 1.99. The van der Waals surface area contributed by atoms with E-state index in [2.05, 4.69) is 0 Å². The second-order valence-electron chi connectivity index (χ2n) is 3.16. The molecule has 0 fully saturated rings. The average molecular weight is 190 g/mol. The van der Waals surface area contributed by atoms with Crippen LogP contribution in [0.3, 0.4) is 0 Å². The lowest BCUT2D eigenvalue weighted by Crippen LogP contribution is -2.11. The third kappa shape index (κ3) is 2.42. The van der Waals surface area contributed by atoms with Crippen LogP contribution >= 0.6 is 0 Å². The molecular weight excluding hydrogens is 176 g/mol. The Labute approximate surface area is 83.4 Å². The number of Topliss-reactive ketones (excluding diaryl/α,β-unsaturated/α-hetero) is 1. The fourth-order valence-electron chi connectivity index (χ4n) is 1.21. The lowest BCUT2D eigenvalue weighted by Gasteiger charge is -2.01. The van der Waals surface area contributed by atoms with Crippen molar-refractivity contribution in [2.45, 2.75) is 19.8 Å². The van der Waals surface area contributed by atoms with E-state index in [1.54, 1.807) is 24.3 Å². The Balaban J connectivity index is 2.83. The zero-order chi connectivity index (χ0) is 10.6. The van der Waals surface area contributed by atoms with Crippen LogP contribution in [0.2, 0.25) is 0 Å². The van der Waals surface area contributed by atoms with Crippen LogP contribution < -0.4 is 5.73 Å². The molecule has 0 aromatic heterocycles. The first kappa shape index (κ1) is 10.4. The van der Waals surface area contributed by atoms with E-state index in [1.807, 2.05) is 6.92 Å². The van der Waals surface area contributed by atoms with Gasteiger partial charge in [-0.2, -0.15) is 0 Å². The molecule has 0 atom stereocenters. The van der Waals surface area contributed by atoms with E-state index < -0.39 is 0 Å². The van der Waals surface area contributed by atoms with Crippen LogP contribution in [0, 0.1) is 5.41 Å². The number of rotatable bonds is 4. The molecule has 3 nitrogen and oxygen atoms in total. The molecule has 0 amide bonds. The normalized spacial score (nSPS) is 9.79. The molecule has 0 aliphatic carbocycles. The largest absolute Gasteiger partial charge is 0.384 e. The molecule has 0 spiro atoms. The van der Waals surface area contributed by atoms with E-state index in [0.29, 0.717) is 17.5 Å². The van der Waals surface area contributed by atoms with Gasteiger partial charge in [-0.05, 0) is 6.42 Å². The van der Waals surface area contributed by atoms with Crippen LogP contribution in [-0.2, 0) is 0 Å². The van der Waals surface area contributed by atoms with Crippen molar-refractivity contribution in [1.29, 1.82) is 5.41 Å². The van der Waals surface area contributed by atoms with Gasteiger partial charge in [-0.1, -0.05) is 31.2 Å². The predicted molar refractivity (Wildman–Crippen MR) is 56.7 cm³/mol. The van der Waals surface area contributed by atoms with Crippen LogP contribution in [0.5, 0.6) is 0 Å². The van der Waals surface area contributed by atoms with Gasteiger partial charge in [0.05, 0.1) is 0 Å². The fraction of sp³-hybridized carbons (Fsp3) is 0.273. The number of ketones is 1. The summed E-state index contributed by atoms with van der Waals surface area (Å²) in [4.78, 5) is 11.4. The summed E-state index contributed by atoms with van der Waals surface area (Å²) < 4.78 is 0. The van der Waals surface area contributed by atoms with Crippen molar-refractivity contribution in [2.75, 3.05) is 0 Å². The van der Waals surface area contributed by atoms with Crippen LogP contribution in [0.15, 0.2) is 24.3 Å². The maximum atomic E-state index is 11.4. The van der Waals surface area contributed by atoms with Crippen molar-refractivity contribution in [3.8, 4) is 0 Å². The van der Waals surface area contributed by atoms with Crippen LogP contribution in [0.1, 0.15) is 35.7 Å². The molecule has 3 N–H and O–H groups in total. The van der Waals surface area contributed by atoms with Crippen LogP contribution in [0.4, 0.5) is 0 Å². The van der Waals surface area contributed by atoms with Crippen molar-refractivity contribution in [3.63, 3.8) is 0 Å². The molecule has 0 bridgehead atoms. The number of nitrogen functional groups attached to an aromatic ring is 1. The molecule has 0 aliphatic heterocycles. The summed E-state index contributed by atoms with van der Waals surface area (Å²) in [6.07, 6.45) is 1.42. The minimum absolute atomic E-state index is 0.0273. The Bertz CT molecular complexity index is 341. The topological polar surface area (TPSA) is 66.9 Å². The summed E-state index contributed by atoms with van der Waals surface area (Å²) in [6.45, 7) is 1.97. The van der Waals surface area contributed by atoms with Crippen molar-refractivity contribution < 1.29 is 4.79 Å². The van der Waals surface area contributed by atoms with Gasteiger partial charge in [0, 0.05) is 17.5 Å². The molecule has 0 aliphatic rings. The highest BCUT2D eigenvalue weighted by Crippen LogP contribution is 2.07. The average Bonchev–Trinajstić information content (AvgIpc) is 2.18. The standard InChI is InChI=1S/C11H14N2O/c1-2-3-10(14)8-4-6-9(7-5-8)11(12)13/h4-7H,2-3H2,1H3,(H3,12,13). The lowest BCUT2D eigenvalue weighted by atomic mass is 10.0. The molecule has 1 aromatic carbocycles. The number of hydrogen-bond acceptors (Lipinski definition) is 2. The maximum absolute atomic E-state index is 11.4. The monoisotopic (exact) mass is 190 g/mol. The second-order valence-corrected chi connectivity index (χ2v) is 3.16. The number of hydrogen-bond donors (Lipinski definition) is 2. The van der Waals surface area contributed by atoms with Gasteiger partial charge in [-0.3, -0.25) is 10.2 Å². The van der Waals surface area contributed by atoms with Gasteiger partial charge in [-0.15, -0.1) is 0 Å². The summed E-state index contributed by atoms with van der Waals surface area (Å²) in [5.74, 6) is 0.169. The minimum atomic E-state index is 0.0273. The van der Waals surface area contributed by atoms with Gasteiger partial charge >= 0.3 is 0 Å². The number of carbonyl (C=O) groups is 1. The van der Waals surface area contributed by atoms with Gasteiger partial charge in [0.2, 0.25) is 0 Å². The van der Waals surface area contributed by atoms with Gasteiger partial charge in [0.1, 0.15) is 5.84 Å². The maximum Gasteiger partial charge on any atom is 0.162 e. The van der Waals surface area contributed by atoms with Crippen molar-refractivity contribution in [2.24, 2.45) is 5.73 Å². The number of carbonyl (C=O) groups excluding carboxylic acids is 1. The summed E-state index contributed by atoms with van der Waals surface area (Å²) in [5, 5.41) is 7.19. The van der Waals surface area contributed by atoms with Gasteiger partial charge in [0.25, 0.3) is 0 Å². The highest BCUT2D eigenvalue weighted by atomic mass is 16.1. The first-order valence-electron chi connectivity index (χ1n) is 4.62. The molecule has 0 unspecified atom stereocenters. The molecule has 1 aromatic rings. The highest BCUT2D eigenvalue weighted by Gasteiger charge is 2.04. The number of benzene rings is 1. The SMILES string of the molecule is CCCC(=O)c1ccc(C(=N)N)cc1. The molecular formula is C11H14N2O. The van der Waals surface area contributed by atoms with E-state index in [0.717, 1.165) is 6.42 Å². The van der Waals surface area contributed by atoms with E-state index >= 15 is 0 Å². The van der Waals surface area contributed by atoms with Gasteiger partial charge in [0.15, 0.2) is 5.78 Å². The Kier molecular flexibility index (Phi) is 3.40. The summed E-state index contributed by atoms with van der Waals surface area (Å²) >= 11 is 0. The molecule has 0 saturated heterocycles. The van der Waals surface area contributed by atoms with Gasteiger partial charge < -0.3 is 5.73 Å². The van der Waals surface area contributed by atoms with E-state index in [9.17, 15) is 4.79 Å². The molecule has 3 heteroatoms. The first-order chi connectivity index (χ1) is 6.65. The predicted octanol–water partition coefficient (Wildman–Crippen LogP) is 1.95. The summed E-state index contributed by atoms with van der Waals surface area (Å²) in [5.41, 5.74) is 6.64. The van der Waals surface area contributed by atoms with E-state index in [-0.39, 0.29) is 11.6 Å². The van der Waals surface area contributed by atoms with E-state index in [4.69, 9.17) is 11.1 Å². The molecule has 14 heavy (non-hydrogen) atoms. The Morgan fingerprint density at radius 3 is 2.21 bits per heavy atom. The van der Waals surface area contributed by atoms with Crippen LogP contribution in [0.25, 0.3) is 0 Å². The zero-order valence-electron chi connectivity index (χ0n) is 8.21. The third-order valence-corrected chi connectivity index (χ3v) is 1.99. The minimum Gasteiger partial charge on any atom is -0.384 e. The van der Waals surface area contributed by atoms with Crippen molar-refractivity contribution >= 4 is 11.6 Å². The number of amidine groups is 1. The zero-order valence-corrected chi connectivity index (χ0v) is 8.21. The number of nitrogens with one attached hydrogen (secondary N) is 1. The molecule has 74 valence electrons. The first-order valence-corrected chi connectivity index (χ1v) is 4.62. The number of nitrogens with two attached hydrogens (primary N) is 1. The Morgan fingerprint density at radius 2 is 1.79 bits per heavy atom. The Hall–Kier alpha value is -1.64. The smallest absolute Gasteiger partial charge is 0.162 e. The second kappa shape index (κ2) is 4.56. The van der Waals surface area contributed by atoms with Crippen molar-refractivity contribution in [3.05, 3.63) is 35.4 Å². The lowest BCUT2D eigenvalue weighted by molar-refractivity contribution is 0.0982. The van der Waals surface area contributed by atoms with Crippen molar-refractivity contribution in [1.82, 2.24) is 0 Å². The summed E-state index contributed by atoms with van der Waals surface area (Å²) in [6, 6.07) is 6.83. The molecule has 0 radical (unpaired) electrons. The molecule has 0 heterocycles. The quantitative estimate of drug-likeness (QED) is 0.433. The highest BCUT2D eigenvalue weighted by molar-refractivity contribution is 5.99. The molecule has 0 saturated carbocycles. The summed E-state index contributed by atoms with van der Waals surface area (Å²) in [7, 11) is 0. The van der Waals surface area contributed by atoms with Crippen LogP contribution in [-0.4, -0.2) is 11.6 Å². The Morgan fingerprint density at radius 1 is 1.29 bits per heavy atom. The van der Waals surface area contributed by atoms with E-state index in [1.165, 1.54) is 0 Å². The molecule has 1 rings (SSSR count). The van der Waals surface area contributed by atoms with Gasteiger partial charge in [-0.25, -0.2) is 0 Å².